The summed E-state index contributed by atoms with van der Waals surface area (Å²) in [5.74, 6) is 1.53. The third-order valence-corrected chi connectivity index (χ3v) is 4.25. The zero-order chi connectivity index (χ0) is 13.0. The molecule has 0 bridgehead atoms. The standard InChI is InChI=1S/C14H20BrNO2/c1-17-11-2-3-13(15)12(9-11)14(16)8-10-4-6-18-7-5-10/h2-3,9-10,14H,4-8,16H2,1H3. The first-order valence-corrected chi connectivity index (χ1v) is 7.16. The van der Waals surface area contributed by atoms with E-state index in [1.54, 1.807) is 7.11 Å². The molecule has 1 fully saturated rings. The average Bonchev–Trinajstić information content (AvgIpc) is 2.40. The van der Waals surface area contributed by atoms with E-state index in [0.29, 0.717) is 5.92 Å². The van der Waals surface area contributed by atoms with Gasteiger partial charge in [0, 0.05) is 23.7 Å². The Labute approximate surface area is 117 Å². The smallest absolute Gasteiger partial charge is 0.119 e. The Kier molecular flexibility index (Phi) is 5.03. The zero-order valence-corrected chi connectivity index (χ0v) is 12.3. The van der Waals surface area contributed by atoms with Crippen LogP contribution in [0.3, 0.4) is 0 Å². The van der Waals surface area contributed by atoms with Crippen LogP contribution in [0.4, 0.5) is 0 Å². The summed E-state index contributed by atoms with van der Waals surface area (Å²) in [6.07, 6.45) is 3.25. The van der Waals surface area contributed by atoms with Crippen molar-refractivity contribution in [3.63, 3.8) is 0 Å². The molecule has 3 nitrogen and oxygen atoms in total. The first kappa shape index (κ1) is 13.8. The van der Waals surface area contributed by atoms with Crippen LogP contribution in [0.5, 0.6) is 5.75 Å². The molecule has 0 spiro atoms. The van der Waals surface area contributed by atoms with E-state index in [-0.39, 0.29) is 6.04 Å². The van der Waals surface area contributed by atoms with Gasteiger partial charge in [0.2, 0.25) is 0 Å². The zero-order valence-electron chi connectivity index (χ0n) is 10.7. The number of rotatable bonds is 4. The molecule has 1 atom stereocenters. The molecule has 1 aliphatic rings. The van der Waals surface area contributed by atoms with E-state index in [4.69, 9.17) is 15.2 Å². The molecule has 0 amide bonds. The second-order valence-corrected chi connectivity index (χ2v) is 5.64. The van der Waals surface area contributed by atoms with Crippen LogP contribution in [0.15, 0.2) is 22.7 Å². The Balaban J connectivity index is 2.04. The molecule has 18 heavy (non-hydrogen) atoms. The lowest BCUT2D eigenvalue weighted by molar-refractivity contribution is 0.0618. The van der Waals surface area contributed by atoms with Crippen LogP contribution in [-0.4, -0.2) is 20.3 Å². The predicted molar refractivity (Wildman–Crippen MR) is 75.8 cm³/mol. The summed E-state index contributed by atoms with van der Waals surface area (Å²) in [5.41, 5.74) is 7.45. The SMILES string of the molecule is COc1ccc(Br)c(C(N)CC2CCOCC2)c1. The van der Waals surface area contributed by atoms with E-state index < -0.39 is 0 Å². The van der Waals surface area contributed by atoms with Crippen molar-refractivity contribution in [1.82, 2.24) is 0 Å². The Morgan fingerprint density at radius 3 is 2.83 bits per heavy atom. The predicted octanol–water partition coefficient (Wildman–Crippen LogP) is 3.27. The molecule has 2 N–H and O–H groups in total. The summed E-state index contributed by atoms with van der Waals surface area (Å²) in [6, 6.07) is 6.01. The minimum absolute atomic E-state index is 0.0533. The van der Waals surface area contributed by atoms with Crippen molar-refractivity contribution < 1.29 is 9.47 Å². The lowest BCUT2D eigenvalue weighted by Crippen LogP contribution is -2.21. The van der Waals surface area contributed by atoms with Crippen molar-refractivity contribution in [3.8, 4) is 5.75 Å². The molecule has 0 aromatic heterocycles. The number of methoxy groups -OCH3 is 1. The minimum atomic E-state index is 0.0533. The monoisotopic (exact) mass is 313 g/mol. The highest BCUT2D eigenvalue weighted by molar-refractivity contribution is 9.10. The first-order chi connectivity index (χ1) is 8.70. The van der Waals surface area contributed by atoms with Crippen molar-refractivity contribution in [2.24, 2.45) is 11.7 Å². The molecule has 0 saturated carbocycles. The van der Waals surface area contributed by atoms with E-state index in [1.807, 2.05) is 18.2 Å². The summed E-state index contributed by atoms with van der Waals surface area (Å²) >= 11 is 3.56. The number of hydrogen-bond acceptors (Lipinski definition) is 3. The molecule has 1 aromatic rings. The summed E-state index contributed by atoms with van der Waals surface area (Å²) < 4.78 is 11.7. The molecular formula is C14H20BrNO2. The Morgan fingerprint density at radius 2 is 2.17 bits per heavy atom. The average molecular weight is 314 g/mol. The molecule has 100 valence electrons. The normalized spacial score (nSPS) is 18.6. The largest absolute Gasteiger partial charge is 0.497 e. The molecule has 1 aromatic carbocycles. The van der Waals surface area contributed by atoms with Gasteiger partial charge in [-0.1, -0.05) is 15.9 Å². The molecule has 0 radical (unpaired) electrons. The van der Waals surface area contributed by atoms with Gasteiger partial charge in [-0.2, -0.15) is 0 Å². The van der Waals surface area contributed by atoms with Crippen molar-refractivity contribution >= 4 is 15.9 Å². The summed E-state index contributed by atoms with van der Waals surface area (Å²) in [7, 11) is 1.68. The van der Waals surface area contributed by atoms with Gasteiger partial charge in [-0.05, 0) is 48.9 Å². The lowest BCUT2D eigenvalue weighted by Gasteiger charge is -2.25. The van der Waals surface area contributed by atoms with E-state index in [0.717, 1.165) is 48.3 Å². The van der Waals surface area contributed by atoms with Gasteiger partial charge in [0.05, 0.1) is 7.11 Å². The molecule has 2 rings (SSSR count). The van der Waals surface area contributed by atoms with Crippen molar-refractivity contribution in [1.29, 1.82) is 0 Å². The van der Waals surface area contributed by atoms with Gasteiger partial charge in [-0.15, -0.1) is 0 Å². The Bertz CT molecular complexity index is 391. The van der Waals surface area contributed by atoms with Crippen molar-refractivity contribution in [2.45, 2.75) is 25.3 Å². The number of benzene rings is 1. The van der Waals surface area contributed by atoms with Gasteiger partial charge in [0.15, 0.2) is 0 Å². The van der Waals surface area contributed by atoms with Crippen LogP contribution in [0.2, 0.25) is 0 Å². The fourth-order valence-corrected chi connectivity index (χ4v) is 2.94. The van der Waals surface area contributed by atoms with Crippen LogP contribution in [0, 0.1) is 5.92 Å². The van der Waals surface area contributed by atoms with Crippen molar-refractivity contribution in [2.75, 3.05) is 20.3 Å². The molecule has 1 heterocycles. The van der Waals surface area contributed by atoms with E-state index in [1.165, 1.54) is 0 Å². The number of hydrogen-bond donors (Lipinski definition) is 1. The van der Waals surface area contributed by atoms with Gasteiger partial charge < -0.3 is 15.2 Å². The summed E-state index contributed by atoms with van der Waals surface area (Å²) in [5, 5.41) is 0. The highest BCUT2D eigenvalue weighted by Crippen LogP contribution is 2.32. The Morgan fingerprint density at radius 1 is 1.44 bits per heavy atom. The second kappa shape index (κ2) is 6.55. The fraction of sp³-hybridized carbons (Fsp3) is 0.571. The topological polar surface area (TPSA) is 44.5 Å². The highest BCUT2D eigenvalue weighted by Gasteiger charge is 2.19. The number of nitrogens with two attached hydrogens (primary N) is 1. The van der Waals surface area contributed by atoms with Gasteiger partial charge in [-0.25, -0.2) is 0 Å². The second-order valence-electron chi connectivity index (χ2n) is 4.79. The molecule has 1 saturated heterocycles. The molecule has 0 aliphatic carbocycles. The van der Waals surface area contributed by atoms with Gasteiger partial charge in [0.1, 0.15) is 5.75 Å². The van der Waals surface area contributed by atoms with Crippen LogP contribution in [0.1, 0.15) is 30.9 Å². The molecule has 1 aliphatic heterocycles. The third-order valence-electron chi connectivity index (χ3n) is 3.53. The summed E-state index contributed by atoms with van der Waals surface area (Å²) in [6.45, 7) is 1.74. The number of halogens is 1. The van der Waals surface area contributed by atoms with Crippen LogP contribution in [-0.2, 0) is 4.74 Å². The molecule has 4 heteroatoms. The molecular weight excluding hydrogens is 294 g/mol. The quantitative estimate of drug-likeness (QED) is 0.927. The molecule has 1 unspecified atom stereocenters. The van der Waals surface area contributed by atoms with E-state index >= 15 is 0 Å². The number of ether oxygens (including phenoxy) is 2. The van der Waals surface area contributed by atoms with Crippen LogP contribution in [0.25, 0.3) is 0 Å². The maximum Gasteiger partial charge on any atom is 0.119 e. The Hall–Kier alpha value is -0.580. The van der Waals surface area contributed by atoms with Crippen LogP contribution < -0.4 is 10.5 Å². The van der Waals surface area contributed by atoms with Gasteiger partial charge in [-0.3, -0.25) is 0 Å². The maximum absolute atomic E-state index is 6.32. The van der Waals surface area contributed by atoms with Gasteiger partial charge >= 0.3 is 0 Å². The lowest BCUT2D eigenvalue weighted by atomic mass is 9.90. The first-order valence-electron chi connectivity index (χ1n) is 6.37. The van der Waals surface area contributed by atoms with E-state index in [9.17, 15) is 0 Å². The maximum atomic E-state index is 6.32. The van der Waals surface area contributed by atoms with Crippen LogP contribution >= 0.6 is 15.9 Å². The fourth-order valence-electron chi connectivity index (χ4n) is 2.40. The summed E-state index contributed by atoms with van der Waals surface area (Å²) in [4.78, 5) is 0. The van der Waals surface area contributed by atoms with Gasteiger partial charge in [0.25, 0.3) is 0 Å². The van der Waals surface area contributed by atoms with E-state index in [2.05, 4.69) is 15.9 Å². The highest BCUT2D eigenvalue weighted by atomic mass is 79.9. The minimum Gasteiger partial charge on any atom is -0.497 e. The third kappa shape index (κ3) is 3.46. The van der Waals surface area contributed by atoms with Crippen molar-refractivity contribution in [3.05, 3.63) is 28.2 Å².